The third-order valence-corrected chi connectivity index (χ3v) is 5.01. The standard InChI is InChI=1S/C17H32N2S/c1-6-10-17(4,13-18-7-2)14-19(5)15(3)12-16-9-8-11-20-16/h8-9,11,15,18H,6-7,10,12-14H2,1-5H3. The number of likely N-dealkylation sites (N-methyl/N-ethyl adjacent to an activating group) is 1. The van der Waals surface area contributed by atoms with E-state index in [0.717, 1.165) is 19.5 Å². The molecular weight excluding hydrogens is 264 g/mol. The fraction of sp³-hybridized carbons (Fsp3) is 0.765. The van der Waals surface area contributed by atoms with Crippen LogP contribution in [0.3, 0.4) is 0 Å². The number of thiophene rings is 1. The molecule has 0 bridgehead atoms. The van der Waals surface area contributed by atoms with E-state index in [9.17, 15) is 0 Å². The van der Waals surface area contributed by atoms with E-state index in [0.29, 0.717) is 11.5 Å². The van der Waals surface area contributed by atoms with Gasteiger partial charge < -0.3 is 10.2 Å². The maximum atomic E-state index is 3.54. The fourth-order valence-corrected chi connectivity index (χ4v) is 3.71. The second kappa shape index (κ2) is 8.81. The molecule has 0 radical (unpaired) electrons. The summed E-state index contributed by atoms with van der Waals surface area (Å²) >= 11 is 1.87. The van der Waals surface area contributed by atoms with Crippen LogP contribution in [0.4, 0.5) is 0 Å². The van der Waals surface area contributed by atoms with Crippen molar-refractivity contribution in [3.8, 4) is 0 Å². The monoisotopic (exact) mass is 296 g/mol. The molecule has 3 heteroatoms. The summed E-state index contributed by atoms with van der Waals surface area (Å²) < 4.78 is 0. The largest absolute Gasteiger partial charge is 0.316 e. The second-order valence-corrected chi connectivity index (χ2v) is 7.42. The summed E-state index contributed by atoms with van der Waals surface area (Å²) in [6.45, 7) is 12.6. The molecule has 20 heavy (non-hydrogen) atoms. The third-order valence-electron chi connectivity index (χ3n) is 4.12. The zero-order chi connectivity index (χ0) is 15.0. The highest BCUT2D eigenvalue weighted by molar-refractivity contribution is 7.09. The molecule has 0 amide bonds. The molecule has 116 valence electrons. The molecule has 0 aromatic carbocycles. The van der Waals surface area contributed by atoms with E-state index in [1.54, 1.807) is 0 Å². The molecule has 1 N–H and O–H groups in total. The Labute approximate surface area is 129 Å². The normalized spacial score (nSPS) is 16.3. The Bertz CT molecular complexity index is 350. The smallest absolute Gasteiger partial charge is 0.0112 e. The molecule has 0 saturated heterocycles. The van der Waals surface area contributed by atoms with Gasteiger partial charge in [-0.1, -0.05) is 33.3 Å². The number of nitrogens with zero attached hydrogens (tertiary/aromatic N) is 1. The first-order chi connectivity index (χ1) is 9.50. The molecule has 0 aliphatic rings. The van der Waals surface area contributed by atoms with Crippen molar-refractivity contribution in [1.82, 2.24) is 10.2 Å². The van der Waals surface area contributed by atoms with Gasteiger partial charge in [-0.3, -0.25) is 0 Å². The van der Waals surface area contributed by atoms with Gasteiger partial charge in [0.15, 0.2) is 0 Å². The number of hydrogen-bond donors (Lipinski definition) is 1. The summed E-state index contributed by atoms with van der Waals surface area (Å²) in [4.78, 5) is 4.03. The molecule has 2 unspecified atom stereocenters. The second-order valence-electron chi connectivity index (χ2n) is 6.39. The van der Waals surface area contributed by atoms with Crippen LogP contribution in [0.25, 0.3) is 0 Å². The molecular formula is C17H32N2S. The van der Waals surface area contributed by atoms with Crippen LogP contribution < -0.4 is 5.32 Å². The van der Waals surface area contributed by atoms with Gasteiger partial charge in [0.2, 0.25) is 0 Å². The first kappa shape index (κ1) is 17.7. The molecule has 0 fully saturated rings. The Morgan fingerprint density at radius 1 is 1.40 bits per heavy atom. The lowest BCUT2D eigenvalue weighted by Gasteiger charge is -2.36. The molecule has 0 aliphatic heterocycles. The van der Waals surface area contributed by atoms with E-state index in [1.165, 1.54) is 24.3 Å². The van der Waals surface area contributed by atoms with E-state index in [2.05, 4.69) is 62.5 Å². The summed E-state index contributed by atoms with van der Waals surface area (Å²) in [6.07, 6.45) is 3.71. The van der Waals surface area contributed by atoms with Gasteiger partial charge in [0, 0.05) is 24.0 Å². The summed E-state index contributed by atoms with van der Waals surface area (Å²) in [7, 11) is 2.28. The summed E-state index contributed by atoms with van der Waals surface area (Å²) in [6, 6.07) is 5.00. The van der Waals surface area contributed by atoms with E-state index < -0.39 is 0 Å². The van der Waals surface area contributed by atoms with Gasteiger partial charge in [0.1, 0.15) is 0 Å². The van der Waals surface area contributed by atoms with Crippen LogP contribution in [0.5, 0.6) is 0 Å². The number of hydrogen-bond acceptors (Lipinski definition) is 3. The van der Waals surface area contributed by atoms with Crippen molar-refractivity contribution in [2.45, 2.75) is 53.0 Å². The van der Waals surface area contributed by atoms with Crippen molar-refractivity contribution in [3.05, 3.63) is 22.4 Å². The molecule has 1 rings (SSSR count). The average Bonchev–Trinajstić information content (AvgIpc) is 2.89. The highest BCUT2D eigenvalue weighted by atomic mass is 32.1. The molecule has 0 spiro atoms. The van der Waals surface area contributed by atoms with Crippen molar-refractivity contribution in [3.63, 3.8) is 0 Å². The fourth-order valence-electron chi connectivity index (χ4n) is 2.89. The molecule has 1 aromatic heterocycles. The Morgan fingerprint density at radius 2 is 2.15 bits per heavy atom. The van der Waals surface area contributed by atoms with Gasteiger partial charge in [-0.2, -0.15) is 0 Å². The minimum Gasteiger partial charge on any atom is -0.316 e. The van der Waals surface area contributed by atoms with E-state index in [-0.39, 0.29) is 0 Å². The van der Waals surface area contributed by atoms with Crippen molar-refractivity contribution in [2.75, 3.05) is 26.7 Å². The van der Waals surface area contributed by atoms with Crippen LogP contribution in [0.15, 0.2) is 17.5 Å². The third kappa shape index (κ3) is 5.94. The maximum absolute atomic E-state index is 3.54. The van der Waals surface area contributed by atoms with Gasteiger partial charge in [-0.15, -0.1) is 11.3 Å². The highest BCUT2D eigenvalue weighted by Gasteiger charge is 2.26. The van der Waals surface area contributed by atoms with E-state index in [4.69, 9.17) is 0 Å². The lowest BCUT2D eigenvalue weighted by atomic mass is 9.84. The Balaban J connectivity index is 2.53. The van der Waals surface area contributed by atoms with Crippen LogP contribution >= 0.6 is 11.3 Å². The average molecular weight is 297 g/mol. The summed E-state index contributed by atoms with van der Waals surface area (Å²) in [5.41, 5.74) is 0.378. The predicted molar refractivity (Wildman–Crippen MR) is 91.7 cm³/mol. The number of rotatable bonds is 10. The topological polar surface area (TPSA) is 15.3 Å². The van der Waals surface area contributed by atoms with Gasteiger partial charge in [0.05, 0.1) is 0 Å². The number of nitrogens with one attached hydrogen (secondary N) is 1. The minimum atomic E-state index is 0.378. The predicted octanol–water partition coefficient (Wildman–Crippen LogP) is 4.03. The maximum Gasteiger partial charge on any atom is 0.0112 e. The van der Waals surface area contributed by atoms with Gasteiger partial charge in [-0.05, 0) is 50.2 Å². The Morgan fingerprint density at radius 3 is 2.70 bits per heavy atom. The quantitative estimate of drug-likeness (QED) is 0.701. The van der Waals surface area contributed by atoms with Crippen LogP contribution in [0.1, 0.15) is 45.4 Å². The summed E-state index contributed by atoms with van der Waals surface area (Å²) in [5.74, 6) is 0. The van der Waals surface area contributed by atoms with Gasteiger partial charge in [0.25, 0.3) is 0 Å². The van der Waals surface area contributed by atoms with Gasteiger partial charge >= 0.3 is 0 Å². The van der Waals surface area contributed by atoms with Crippen LogP contribution in [-0.4, -0.2) is 37.6 Å². The zero-order valence-electron chi connectivity index (χ0n) is 13.9. The minimum absolute atomic E-state index is 0.378. The molecule has 1 aromatic rings. The molecule has 0 saturated carbocycles. The molecule has 1 heterocycles. The molecule has 2 nitrogen and oxygen atoms in total. The van der Waals surface area contributed by atoms with Crippen LogP contribution in [0, 0.1) is 5.41 Å². The first-order valence-corrected chi connectivity index (χ1v) is 8.82. The van der Waals surface area contributed by atoms with Crippen molar-refractivity contribution in [2.24, 2.45) is 5.41 Å². The molecule has 0 aliphatic carbocycles. The van der Waals surface area contributed by atoms with Crippen LogP contribution in [0.2, 0.25) is 0 Å². The Hall–Kier alpha value is -0.380. The lowest BCUT2D eigenvalue weighted by molar-refractivity contribution is 0.142. The van der Waals surface area contributed by atoms with Crippen molar-refractivity contribution in [1.29, 1.82) is 0 Å². The van der Waals surface area contributed by atoms with Gasteiger partial charge in [-0.25, -0.2) is 0 Å². The van der Waals surface area contributed by atoms with Crippen molar-refractivity contribution >= 4 is 11.3 Å². The summed E-state index contributed by atoms with van der Waals surface area (Å²) in [5, 5.41) is 5.71. The van der Waals surface area contributed by atoms with E-state index >= 15 is 0 Å². The lowest BCUT2D eigenvalue weighted by Crippen LogP contribution is -2.44. The van der Waals surface area contributed by atoms with Crippen LogP contribution in [-0.2, 0) is 6.42 Å². The first-order valence-electron chi connectivity index (χ1n) is 7.94. The SMILES string of the molecule is CCCC(C)(CNCC)CN(C)C(C)Cc1cccs1. The molecule has 2 atom stereocenters. The van der Waals surface area contributed by atoms with Crippen molar-refractivity contribution < 1.29 is 0 Å². The van der Waals surface area contributed by atoms with E-state index in [1.807, 2.05) is 11.3 Å². The zero-order valence-corrected chi connectivity index (χ0v) is 14.7. The Kier molecular flexibility index (Phi) is 7.78. The highest BCUT2D eigenvalue weighted by Crippen LogP contribution is 2.25.